The lowest BCUT2D eigenvalue weighted by Crippen LogP contribution is -2.29. The number of halogens is 1. The summed E-state index contributed by atoms with van der Waals surface area (Å²) in [5.41, 5.74) is 0. The van der Waals surface area contributed by atoms with Crippen molar-refractivity contribution < 1.29 is 4.39 Å². The lowest BCUT2D eigenvalue weighted by atomic mass is 9.69. The van der Waals surface area contributed by atoms with Crippen molar-refractivity contribution >= 4 is 0 Å². The molecule has 0 N–H and O–H groups in total. The zero-order valence-corrected chi connectivity index (χ0v) is 6.23. The maximum atomic E-state index is 12.0. The molecule has 1 aliphatic rings. The second-order valence-electron chi connectivity index (χ2n) is 3.35. The molecule has 0 nitrogen and oxygen atoms in total. The second-order valence-corrected chi connectivity index (χ2v) is 3.35. The van der Waals surface area contributed by atoms with Crippen molar-refractivity contribution in [2.45, 2.75) is 26.7 Å². The molecule has 9 heavy (non-hydrogen) atoms. The van der Waals surface area contributed by atoms with E-state index in [2.05, 4.69) is 6.92 Å². The van der Waals surface area contributed by atoms with E-state index in [1.807, 2.05) is 6.92 Å². The van der Waals surface area contributed by atoms with Gasteiger partial charge in [0.15, 0.2) is 0 Å². The lowest BCUT2D eigenvalue weighted by Gasteiger charge is -2.37. The highest BCUT2D eigenvalue weighted by Gasteiger charge is 2.30. The van der Waals surface area contributed by atoms with Crippen LogP contribution in [0.4, 0.5) is 4.39 Å². The first-order chi connectivity index (χ1) is 4.25. The fourth-order valence-electron chi connectivity index (χ4n) is 1.65. The molecule has 0 saturated heterocycles. The Balaban J connectivity index is 2.25. The van der Waals surface area contributed by atoms with Gasteiger partial charge in [-0.25, -0.2) is 0 Å². The molecule has 0 heterocycles. The molecular weight excluding hydrogens is 115 g/mol. The highest BCUT2D eigenvalue weighted by Crippen LogP contribution is 2.39. The predicted octanol–water partition coefficient (Wildman–Crippen LogP) is 2.64. The Bertz CT molecular complexity index is 90.6. The number of alkyl halides is 1. The Hall–Kier alpha value is -0.0700. The highest BCUT2D eigenvalue weighted by molar-refractivity contribution is 4.80. The van der Waals surface area contributed by atoms with Crippen LogP contribution in [0.3, 0.4) is 0 Å². The Kier molecular flexibility index (Phi) is 2.09. The van der Waals surface area contributed by atoms with Gasteiger partial charge in [-0.15, -0.1) is 0 Å². The molecule has 1 rings (SSSR count). The minimum Gasteiger partial charge on any atom is -0.251 e. The maximum Gasteiger partial charge on any atom is 0.0922 e. The van der Waals surface area contributed by atoms with Crippen molar-refractivity contribution in [1.29, 1.82) is 0 Å². The van der Waals surface area contributed by atoms with Gasteiger partial charge in [-0.2, -0.15) is 0 Å². The first-order valence-corrected chi connectivity index (χ1v) is 3.81. The van der Waals surface area contributed by atoms with Crippen LogP contribution in [0.15, 0.2) is 0 Å². The van der Waals surface area contributed by atoms with Crippen molar-refractivity contribution in [2.75, 3.05) is 6.67 Å². The topological polar surface area (TPSA) is 0 Å². The fraction of sp³-hybridized carbons (Fsp3) is 1.00. The van der Waals surface area contributed by atoms with E-state index in [0.717, 1.165) is 5.92 Å². The van der Waals surface area contributed by atoms with Gasteiger partial charge in [-0.1, -0.05) is 20.3 Å². The highest BCUT2D eigenvalue weighted by atomic mass is 19.1. The molecule has 1 fully saturated rings. The van der Waals surface area contributed by atoms with Crippen LogP contribution in [0, 0.1) is 17.8 Å². The monoisotopic (exact) mass is 130 g/mol. The first-order valence-electron chi connectivity index (χ1n) is 3.81. The van der Waals surface area contributed by atoms with Crippen molar-refractivity contribution in [3.05, 3.63) is 0 Å². The Morgan fingerprint density at radius 2 is 2.22 bits per heavy atom. The van der Waals surface area contributed by atoms with Crippen molar-refractivity contribution in [2.24, 2.45) is 17.8 Å². The third-order valence-electron chi connectivity index (χ3n) is 2.66. The molecule has 1 heteroatoms. The summed E-state index contributed by atoms with van der Waals surface area (Å²) in [4.78, 5) is 0. The zero-order valence-electron chi connectivity index (χ0n) is 6.23. The lowest BCUT2D eigenvalue weighted by molar-refractivity contribution is 0.110. The summed E-state index contributed by atoms with van der Waals surface area (Å²) < 4.78 is 12.0. The van der Waals surface area contributed by atoms with Gasteiger partial charge in [0, 0.05) is 0 Å². The van der Waals surface area contributed by atoms with E-state index in [4.69, 9.17) is 0 Å². The van der Waals surface area contributed by atoms with E-state index in [0.29, 0.717) is 11.8 Å². The quantitative estimate of drug-likeness (QED) is 0.539. The molecular formula is C8H15F. The molecule has 0 aromatic heterocycles. The van der Waals surface area contributed by atoms with Crippen molar-refractivity contribution in [3.8, 4) is 0 Å². The summed E-state index contributed by atoms with van der Waals surface area (Å²) in [5, 5.41) is 0. The molecule has 0 amide bonds. The van der Waals surface area contributed by atoms with Crippen molar-refractivity contribution in [1.82, 2.24) is 0 Å². The molecule has 0 bridgehead atoms. The summed E-state index contributed by atoms with van der Waals surface area (Å²) in [6.45, 7) is 4.11. The zero-order chi connectivity index (χ0) is 6.85. The van der Waals surface area contributed by atoms with Crippen LogP contribution in [-0.4, -0.2) is 6.67 Å². The summed E-state index contributed by atoms with van der Waals surface area (Å²) in [6, 6.07) is 0. The van der Waals surface area contributed by atoms with E-state index in [1.54, 1.807) is 0 Å². The van der Waals surface area contributed by atoms with Gasteiger partial charge in [-0.05, 0) is 24.2 Å². The van der Waals surface area contributed by atoms with Gasteiger partial charge in [0.05, 0.1) is 6.67 Å². The van der Waals surface area contributed by atoms with Crippen LogP contribution >= 0.6 is 0 Å². The number of hydrogen-bond donors (Lipinski definition) is 0. The first kappa shape index (κ1) is 7.04. The Labute approximate surface area is 56.5 Å². The van der Waals surface area contributed by atoms with Crippen LogP contribution in [-0.2, 0) is 0 Å². The van der Waals surface area contributed by atoms with Gasteiger partial charge < -0.3 is 0 Å². The summed E-state index contributed by atoms with van der Waals surface area (Å²) in [5.74, 6) is 1.79. The van der Waals surface area contributed by atoms with Gasteiger partial charge >= 0.3 is 0 Å². The molecule has 0 aromatic carbocycles. The third kappa shape index (κ3) is 1.25. The average Bonchev–Trinajstić information content (AvgIpc) is 1.84. The average molecular weight is 130 g/mol. The molecule has 1 aliphatic carbocycles. The number of rotatable bonds is 2. The van der Waals surface area contributed by atoms with Crippen LogP contribution in [0.2, 0.25) is 0 Å². The molecule has 1 saturated carbocycles. The summed E-state index contributed by atoms with van der Waals surface area (Å²) in [6.07, 6.45) is 2.57. The third-order valence-corrected chi connectivity index (χ3v) is 2.66. The van der Waals surface area contributed by atoms with Gasteiger partial charge in [0.25, 0.3) is 0 Å². The smallest absolute Gasteiger partial charge is 0.0922 e. The fourth-order valence-corrected chi connectivity index (χ4v) is 1.65. The minimum atomic E-state index is -0.130. The summed E-state index contributed by atoms with van der Waals surface area (Å²) in [7, 11) is 0. The Morgan fingerprint density at radius 3 is 2.33 bits per heavy atom. The van der Waals surface area contributed by atoms with E-state index < -0.39 is 0 Å². The molecule has 0 spiro atoms. The van der Waals surface area contributed by atoms with Crippen LogP contribution in [0.5, 0.6) is 0 Å². The Morgan fingerprint density at radius 1 is 1.56 bits per heavy atom. The van der Waals surface area contributed by atoms with E-state index in [9.17, 15) is 4.39 Å². The van der Waals surface area contributed by atoms with Gasteiger partial charge in [0.2, 0.25) is 0 Å². The maximum absolute atomic E-state index is 12.0. The van der Waals surface area contributed by atoms with Crippen LogP contribution in [0.25, 0.3) is 0 Å². The van der Waals surface area contributed by atoms with E-state index in [1.165, 1.54) is 12.8 Å². The molecule has 0 aliphatic heterocycles. The molecule has 0 aromatic rings. The van der Waals surface area contributed by atoms with Gasteiger partial charge in [0.1, 0.15) is 0 Å². The van der Waals surface area contributed by atoms with E-state index in [-0.39, 0.29) is 6.67 Å². The standard InChI is InChI=1S/C8H15F/c1-6-3-4-8(6)7(2)5-9/h6-8H,3-5H2,1-2H3. The second kappa shape index (κ2) is 2.68. The van der Waals surface area contributed by atoms with Crippen LogP contribution < -0.4 is 0 Å². The summed E-state index contributed by atoms with van der Waals surface area (Å²) >= 11 is 0. The molecule has 54 valence electrons. The molecule has 3 unspecified atom stereocenters. The van der Waals surface area contributed by atoms with Crippen molar-refractivity contribution in [3.63, 3.8) is 0 Å². The minimum absolute atomic E-state index is 0.130. The largest absolute Gasteiger partial charge is 0.251 e. The molecule has 3 atom stereocenters. The number of hydrogen-bond acceptors (Lipinski definition) is 0. The van der Waals surface area contributed by atoms with Gasteiger partial charge in [-0.3, -0.25) is 4.39 Å². The molecule has 0 radical (unpaired) electrons. The van der Waals surface area contributed by atoms with E-state index >= 15 is 0 Å². The SMILES string of the molecule is CC(CF)C1CCC1C. The predicted molar refractivity (Wildman–Crippen MR) is 37.0 cm³/mol. The van der Waals surface area contributed by atoms with Crippen LogP contribution in [0.1, 0.15) is 26.7 Å². The normalized spacial score (nSPS) is 37.7.